The van der Waals surface area contributed by atoms with Gasteiger partial charge in [0.25, 0.3) is 0 Å². The molecule has 0 spiro atoms. The van der Waals surface area contributed by atoms with E-state index in [0.717, 1.165) is 29.4 Å². The topological polar surface area (TPSA) is 41.1 Å². The van der Waals surface area contributed by atoms with Crippen LogP contribution >= 0.6 is 11.3 Å². The van der Waals surface area contributed by atoms with Gasteiger partial charge in [-0.1, -0.05) is 6.07 Å². The number of thiophene rings is 1. The highest BCUT2D eigenvalue weighted by Gasteiger charge is 2.17. The summed E-state index contributed by atoms with van der Waals surface area (Å²) in [7, 11) is 4.00. The predicted octanol–water partition coefficient (Wildman–Crippen LogP) is 3.26. The Bertz CT molecular complexity index is 566. The van der Waals surface area contributed by atoms with Crippen molar-refractivity contribution < 1.29 is 0 Å². The Balaban J connectivity index is 2.23. The zero-order valence-electron chi connectivity index (χ0n) is 12.8. The molecule has 2 aromatic heterocycles. The van der Waals surface area contributed by atoms with Crippen LogP contribution in [0.25, 0.3) is 0 Å². The van der Waals surface area contributed by atoms with Crippen molar-refractivity contribution >= 4 is 23.0 Å². The zero-order chi connectivity index (χ0) is 14.7. The highest BCUT2D eigenvalue weighted by atomic mass is 32.1. The summed E-state index contributed by atoms with van der Waals surface area (Å²) in [6, 6.07) is 4.68. The average Bonchev–Trinajstić information content (AvgIpc) is 2.92. The summed E-state index contributed by atoms with van der Waals surface area (Å²) in [5.41, 5.74) is 1.10. The largest absolute Gasteiger partial charge is 0.373 e. The molecule has 0 radical (unpaired) electrons. The molecule has 0 aliphatic carbocycles. The molecule has 1 unspecified atom stereocenters. The molecule has 2 rings (SSSR count). The van der Waals surface area contributed by atoms with E-state index in [1.807, 2.05) is 25.3 Å². The van der Waals surface area contributed by atoms with E-state index in [1.165, 1.54) is 4.88 Å². The molecule has 0 aromatic carbocycles. The normalized spacial score (nSPS) is 12.2. The molecule has 0 bridgehead atoms. The minimum Gasteiger partial charge on any atom is -0.373 e. The number of hydrogen-bond acceptors (Lipinski definition) is 5. The fourth-order valence-corrected chi connectivity index (χ4v) is 3.09. The number of nitrogens with one attached hydrogen (secondary N) is 1. The van der Waals surface area contributed by atoms with E-state index in [4.69, 9.17) is 0 Å². The third-order valence-corrected chi connectivity index (χ3v) is 4.44. The second kappa shape index (κ2) is 6.22. The van der Waals surface area contributed by atoms with Gasteiger partial charge in [-0.2, -0.15) is 0 Å². The molecular weight excluding hydrogens is 268 g/mol. The van der Waals surface area contributed by atoms with Crippen molar-refractivity contribution in [2.45, 2.75) is 33.2 Å². The molecular formula is C15H22N4S. The SMILES string of the molecule is CNc1nc(C)nc(N(C)C(C)Cc2cccs2)c1C. The number of rotatable bonds is 5. The maximum absolute atomic E-state index is 4.61. The van der Waals surface area contributed by atoms with Crippen LogP contribution in [-0.4, -0.2) is 30.1 Å². The summed E-state index contributed by atoms with van der Waals surface area (Å²) in [5.74, 6) is 2.71. The molecule has 108 valence electrons. The predicted molar refractivity (Wildman–Crippen MR) is 86.9 cm³/mol. The van der Waals surface area contributed by atoms with Gasteiger partial charge in [-0.25, -0.2) is 9.97 Å². The van der Waals surface area contributed by atoms with Crippen molar-refractivity contribution in [3.63, 3.8) is 0 Å². The third kappa shape index (κ3) is 3.10. The number of aryl methyl sites for hydroxylation is 1. The number of anilines is 2. The number of likely N-dealkylation sites (N-methyl/N-ethyl adjacent to an activating group) is 1. The first-order valence-corrected chi connectivity index (χ1v) is 7.69. The van der Waals surface area contributed by atoms with Crippen LogP contribution in [-0.2, 0) is 6.42 Å². The third-order valence-electron chi connectivity index (χ3n) is 3.54. The van der Waals surface area contributed by atoms with E-state index < -0.39 is 0 Å². The molecule has 2 aromatic rings. The lowest BCUT2D eigenvalue weighted by Crippen LogP contribution is -2.32. The fraction of sp³-hybridized carbons (Fsp3) is 0.467. The van der Waals surface area contributed by atoms with Crippen LogP contribution in [0.5, 0.6) is 0 Å². The molecule has 0 saturated heterocycles. The van der Waals surface area contributed by atoms with E-state index >= 15 is 0 Å². The Morgan fingerprint density at radius 3 is 2.70 bits per heavy atom. The smallest absolute Gasteiger partial charge is 0.137 e. The summed E-state index contributed by atoms with van der Waals surface area (Å²) < 4.78 is 0. The highest BCUT2D eigenvalue weighted by Crippen LogP contribution is 2.25. The van der Waals surface area contributed by atoms with Gasteiger partial charge in [0.05, 0.1) is 0 Å². The first-order valence-electron chi connectivity index (χ1n) is 6.81. The summed E-state index contributed by atoms with van der Waals surface area (Å²) >= 11 is 1.81. The Labute approximate surface area is 124 Å². The van der Waals surface area contributed by atoms with E-state index in [2.05, 4.69) is 58.6 Å². The Morgan fingerprint density at radius 2 is 2.10 bits per heavy atom. The van der Waals surface area contributed by atoms with Gasteiger partial charge in [0.2, 0.25) is 0 Å². The summed E-state index contributed by atoms with van der Waals surface area (Å²) in [6.07, 6.45) is 1.03. The van der Waals surface area contributed by atoms with Crippen molar-refractivity contribution in [1.82, 2.24) is 9.97 Å². The van der Waals surface area contributed by atoms with Gasteiger partial charge in [-0.05, 0) is 32.2 Å². The van der Waals surface area contributed by atoms with Crippen LogP contribution in [0.3, 0.4) is 0 Å². The number of nitrogens with zero attached hydrogens (tertiary/aromatic N) is 3. The molecule has 20 heavy (non-hydrogen) atoms. The van der Waals surface area contributed by atoms with E-state index in [1.54, 1.807) is 0 Å². The van der Waals surface area contributed by atoms with Gasteiger partial charge >= 0.3 is 0 Å². The number of hydrogen-bond donors (Lipinski definition) is 1. The van der Waals surface area contributed by atoms with Crippen LogP contribution in [0.1, 0.15) is 23.2 Å². The standard InChI is InChI=1S/C15H22N4S/c1-10(9-13-7-6-8-20-13)19(5)15-11(2)14(16-4)17-12(3)18-15/h6-8,10H,9H2,1-5H3,(H,16,17,18). The molecule has 0 aliphatic heterocycles. The molecule has 1 atom stereocenters. The Hall–Kier alpha value is -1.62. The lowest BCUT2D eigenvalue weighted by molar-refractivity contribution is 0.676. The minimum atomic E-state index is 0.395. The zero-order valence-corrected chi connectivity index (χ0v) is 13.6. The minimum absolute atomic E-state index is 0.395. The maximum atomic E-state index is 4.61. The summed E-state index contributed by atoms with van der Waals surface area (Å²) in [5, 5.41) is 5.27. The van der Waals surface area contributed by atoms with E-state index in [0.29, 0.717) is 6.04 Å². The van der Waals surface area contributed by atoms with Crippen molar-refractivity contribution in [1.29, 1.82) is 0 Å². The maximum Gasteiger partial charge on any atom is 0.137 e. The summed E-state index contributed by atoms with van der Waals surface area (Å²) in [6.45, 7) is 6.23. The van der Waals surface area contributed by atoms with Crippen LogP contribution in [0.15, 0.2) is 17.5 Å². The lowest BCUT2D eigenvalue weighted by atomic mass is 10.1. The molecule has 1 N–H and O–H groups in total. The highest BCUT2D eigenvalue weighted by molar-refractivity contribution is 7.09. The van der Waals surface area contributed by atoms with Crippen molar-refractivity contribution in [2.24, 2.45) is 0 Å². The molecule has 2 heterocycles. The van der Waals surface area contributed by atoms with Gasteiger partial charge in [-0.15, -0.1) is 11.3 Å². The first-order chi connectivity index (χ1) is 9.52. The lowest BCUT2D eigenvalue weighted by Gasteiger charge is -2.28. The molecule has 0 aliphatic rings. The van der Waals surface area contributed by atoms with Crippen LogP contribution in [0.4, 0.5) is 11.6 Å². The van der Waals surface area contributed by atoms with E-state index in [9.17, 15) is 0 Å². The number of aromatic nitrogens is 2. The Kier molecular flexibility index (Phi) is 4.60. The first kappa shape index (κ1) is 14.8. The molecule has 0 saturated carbocycles. The van der Waals surface area contributed by atoms with Crippen LogP contribution in [0, 0.1) is 13.8 Å². The Morgan fingerprint density at radius 1 is 1.35 bits per heavy atom. The van der Waals surface area contributed by atoms with Crippen LogP contribution < -0.4 is 10.2 Å². The van der Waals surface area contributed by atoms with Crippen molar-refractivity contribution in [3.05, 3.63) is 33.8 Å². The van der Waals surface area contributed by atoms with Gasteiger partial charge in [0, 0.05) is 37.0 Å². The molecule has 5 heteroatoms. The molecule has 0 fully saturated rings. The summed E-state index contributed by atoms with van der Waals surface area (Å²) in [4.78, 5) is 12.7. The quantitative estimate of drug-likeness (QED) is 0.917. The van der Waals surface area contributed by atoms with Gasteiger partial charge in [0.1, 0.15) is 17.5 Å². The van der Waals surface area contributed by atoms with Gasteiger partial charge < -0.3 is 10.2 Å². The average molecular weight is 290 g/mol. The molecule has 4 nitrogen and oxygen atoms in total. The van der Waals surface area contributed by atoms with Gasteiger partial charge in [-0.3, -0.25) is 0 Å². The van der Waals surface area contributed by atoms with Crippen molar-refractivity contribution in [2.75, 3.05) is 24.3 Å². The van der Waals surface area contributed by atoms with Crippen LogP contribution in [0.2, 0.25) is 0 Å². The fourth-order valence-electron chi connectivity index (χ4n) is 2.27. The molecule has 0 amide bonds. The second-order valence-electron chi connectivity index (χ2n) is 5.06. The van der Waals surface area contributed by atoms with Gasteiger partial charge in [0.15, 0.2) is 0 Å². The second-order valence-corrected chi connectivity index (χ2v) is 6.09. The monoisotopic (exact) mass is 290 g/mol. The van der Waals surface area contributed by atoms with E-state index in [-0.39, 0.29) is 0 Å². The van der Waals surface area contributed by atoms with Crippen molar-refractivity contribution in [3.8, 4) is 0 Å².